The normalized spacial score (nSPS) is 22.9. The molecule has 88 heavy (non-hydrogen) atoms. The molecule has 31 heteroatoms. The van der Waals surface area contributed by atoms with Crippen LogP contribution in [0.25, 0.3) is 10.9 Å². The zero-order valence-corrected chi connectivity index (χ0v) is 50.2. The van der Waals surface area contributed by atoms with Crippen LogP contribution in [0.15, 0.2) is 60.8 Å². The Balaban J connectivity index is 1.65. The summed E-state index contributed by atoms with van der Waals surface area (Å²) < 4.78 is 0. The summed E-state index contributed by atoms with van der Waals surface area (Å²) in [6.07, 6.45) is -0.654. The van der Waals surface area contributed by atoms with E-state index in [2.05, 4.69) is 68.8 Å². The number of urea groups is 1. The lowest BCUT2D eigenvalue weighted by Crippen LogP contribution is -2.63. The average molecular weight is 1240 g/mol. The van der Waals surface area contributed by atoms with Gasteiger partial charge in [0.1, 0.15) is 54.4 Å². The molecule has 486 valence electrons. The van der Waals surface area contributed by atoms with Gasteiger partial charge in [0.05, 0.1) is 6.10 Å². The van der Waals surface area contributed by atoms with E-state index in [-0.39, 0.29) is 77.8 Å². The van der Waals surface area contributed by atoms with Gasteiger partial charge in [-0.1, -0.05) is 68.8 Å². The number of aliphatic hydroxyl groups is 2. The Hall–Kier alpha value is -8.33. The van der Waals surface area contributed by atoms with Crippen LogP contribution in [-0.4, -0.2) is 192 Å². The lowest BCUT2D eigenvalue weighted by Gasteiger charge is -2.30. The van der Waals surface area contributed by atoms with Crippen LogP contribution in [0.4, 0.5) is 4.79 Å². The molecule has 0 radical (unpaired) electrons. The van der Waals surface area contributed by atoms with E-state index in [1.165, 1.54) is 6.92 Å². The Morgan fingerprint density at radius 1 is 0.648 bits per heavy atom. The van der Waals surface area contributed by atoms with Crippen LogP contribution < -0.4 is 92.5 Å². The Kier molecular flexibility index (Phi) is 29.6. The van der Waals surface area contributed by atoms with Crippen molar-refractivity contribution in [1.82, 2.24) is 68.8 Å². The quantitative estimate of drug-likeness (QED) is 0.0375. The van der Waals surface area contributed by atoms with Gasteiger partial charge < -0.3 is 108 Å². The van der Waals surface area contributed by atoms with Gasteiger partial charge in [0.15, 0.2) is 0 Å². The molecule has 12 amide bonds. The summed E-state index contributed by atoms with van der Waals surface area (Å²) in [6, 6.07) is 1.92. The molecule has 0 spiro atoms. The molecule has 0 saturated carbocycles. The molecule has 2 heterocycles. The van der Waals surface area contributed by atoms with E-state index < -0.39 is 150 Å². The van der Waals surface area contributed by atoms with Crippen LogP contribution in [-0.2, 0) is 60.8 Å². The van der Waals surface area contributed by atoms with Crippen LogP contribution in [0, 0.1) is 5.92 Å². The van der Waals surface area contributed by atoms with Crippen molar-refractivity contribution in [2.75, 3.05) is 45.8 Å². The smallest absolute Gasteiger partial charge is 0.315 e. The van der Waals surface area contributed by atoms with Gasteiger partial charge in [-0.3, -0.25) is 47.9 Å². The SMILES string of the molecule is CC[C@H](C)[C@@H]1NC(=O)[C@@H](Cc2ccccc2)NC(=O)[C@H](CCN)NC(=O)[C@@H](NC(=O)[C@H](CCN)NC(=O)[C@@H](NC(=O)[C@H](CCN)NC(=O)NCCc2c[nH]c3ccccc23)[C@@H](C)O)CCNC(=O)[C@](C)(O)NC(=O)[C@H](CCN)NC(=O)[C@H](CCN)NC1=O. The molecule has 12 atom stereocenters. The van der Waals surface area contributed by atoms with Crippen molar-refractivity contribution in [3.8, 4) is 0 Å². The molecule has 1 fully saturated rings. The molecular weight excluding hydrogens is 1140 g/mol. The van der Waals surface area contributed by atoms with E-state index in [0.717, 1.165) is 23.4 Å². The Morgan fingerprint density at radius 3 is 1.78 bits per heavy atom. The van der Waals surface area contributed by atoms with Gasteiger partial charge in [0, 0.05) is 36.6 Å². The predicted molar refractivity (Wildman–Crippen MR) is 324 cm³/mol. The number of nitrogens with two attached hydrogens (primary N) is 5. The lowest BCUT2D eigenvalue weighted by atomic mass is 9.96. The van der Waals surface area contributed by atoms with Gasteiger partial charge in [-0.25, -0.2) is 4.79 Å². The maximum atomic E-state index is 14.5. The number of aromatic nitrogens is 1. The zero-order chi connectivity index (χ0) is 65.1. The summed E-state index contributed by atoms with van der Waals surface area (Å²) in [5.74, 6) is -10.5. The van der Waals surface area contributed by atoms with Crippen LogP contribution in [0.1, 0.15) is 83.8 Å². The summed E-state index contributed by atoms with van der Waals surface area (Å²) in [5, 5.41) is 53.3. The highest BCUT2D eigenvalue weighted by Gasteiger charge is 2.39. The highest BCUT2D eigenvalue weighted by atomic mass is 16.3. The fourth-order valence-electron chi connectivity index (χ4n) is 9.48. The number of benzene rings is 2. The van der Waals surface area contributed by atoms with Crippen molar-refractivity contribution in [1.29, 1.82) is 0 Å². The van der Waals surface area contributed by atoms with Crippen molar-refractivity contribution in [3.63, 3.8) is 0 Å². The molecular formula is C57H90N18O13. The largest absolute Gasteiger partial charge is 0.391 e. The molecule has 1 aliphatic rings. The number of rotatable bonds is 25. The summed E-state index contributed by atoms with van der Waals surface area (Å²) in [7, 11) is 0. The second kappa shape index (κ2) is 36.1. The fraction of sp³-hybridized carbons (Fsp3) is 0.561. The summed E-state index contributed by atoms with van der Waals surface area (Å²) in [5.41, 5.74) is 29.0. The molecule has 1 saturated heterocycles. The third-order valence-corrected chi connectivity index (χ3v) is 14.7. The molecule has 1 aliphatic heterocycles. The highest BCUT2D eigenvalue weighted by Crippen LogP contribution is 2.18. The number of fused-ring (bicyclic) bond motifs is 1. The average Bonchev–Trinajstić information content (AvgIpc) is 4.09. The van der Waals surface area contributed by atoms with Crippen LogP contribution >= 0.6 is 0 Å². The third kappa shape index (κ3) is 22.1. The topological polar surface area (TPSA) is 518 Å². The first kappa shape index (κ1) is 72.1. The minimum Gasteiger partial charge on any atom is -0.391 e. The molecule has 2 aromatic carbocycles. The maximum Gasteiger partial charge on any atom is 0.315 e. The molecule has 0 aliphatic carbocycles. The summed E-state index contributed by atoms with van der Waals surface area (Å²) in [6.45, 7) is 4.32. The fourth-order valence-corrected chi connectivity index (χ4v) is 9.48. The number of hydrogen-bond acceptors (Lipinski definition) is 18. The van der Waals surface area contributed by atoms with Gasteiger partial charge in [0.25, 0.3) is 5.91 Å². The van der Waals surface area contributed by atoms with Crippen molar-refractivity contribution in [2.24, 2.45) is 34.6 Å². The second-order valence-corrected chi connectivity index (χ2v) is 21.7. The molecule has 1 aromatic heterocycles. The summed E-state index contributed by atoms with van der Waals surface area (Å²) >= 11 is 0. The Bertz CT molecular complexity index is 2840. The highest BCUT2D eigenvalue weighted by molar-refractivity contribution is 5.99. The van der Waals surface area contributed by atoms with E-state index in [4.69, 9.17) is 28.7 Å². The first-order valence-electron chi connectivity index (χ1n) is 29.5. The first-order chi connectivity index (χ1) is 41.9. The number of amides is 12. The number of para-hydroxylation sites is 1. The van der Waals surface area contributed by atoms with Crippen molar-refractivity contribution >= 4 is 76.0 Å². The van der Waals surface area contributed by atoms with Gasteiger partial charge in [-0.2, -0.15) is 0 Å². The van der Waals surface area contributed by atoms with Crippen molar-refractivity contribution in [3.05, 3.63) is 71.9 Å². The van der Waals surface area contributed by atoms with E-state index in [1.54, 1.807) is 44.2 Å². The number of H-pyrrole nitrogens is 1. The third-order valence-electron chi connectivity index (χ3n) is 14.7. The van der Waals surface area contributed by atoms with E-state index in [9.17, 15) is 63.0 Å². The zero-order valence-electron chi connectivity index (χ0n) is 50.2. The van der Waals surface area contributed by atoms with Crippen LogP contribution in [0.5, 0.6) is 0 Å². The van der Waals surface area contributed by atoms with Crippen LogP contribution in [0.2, 0.25) is 0 Å². The summed E-state index contributed by atoms with van der Waals surface area (Å²) in [4.78, 5) is 157. The molecule has 25 N–H and O–H groups in total. The van der Waals surface area contributed by atoms with Gasteiger partial charge >= 0.3 is 6.03 Å². The van der Waals surface area contributed by atoms with E-state index >= 15 is 0 Å². The van der Waals surface area contributed by atoms with Crippen LogP contribution in [0.3, 0.4) is 0 Å². The number of hydrogen-bond donors (Lipinski definition) is 20. The molecule has 3 aromatic rings. The standard InChI is InChI=1S/C57H90N18O13/c1-5-31(2)44-53(84)69-38(16-23-59)46(77)67-41(19-26-62)52(83)75-57(4,88)55(86)63-28-21-42(49(80)66-37(15-22-58)48(79)71-43(51(82)73-44)29-33-11-7-6-8-12-33)68-47(78)39(17-24-60)70-54(85)45(32(3)76)74-50(81)40(18-25-61)72-56(87)64-27-20-34-30-65-36-14-10-9-13-35(34)36/h6-14,30-32,37-45,65,76,88H,5,15-29,58-62H2,1-4H3,(H,63,86)(H,66,80)(H,67,77)(H,68,78)(H,69,84)(H,70,85)(H,71,79)(H,73,82)(H,74,81)(H,75,83)(H2,64,72,87)/t31-,32+,37-,38-,39-,40-,41-,42-,43+,44-,45-,57-/m0/s1. The molecule has 31 nitrogen and oxygen atoms in total. The first-order valence-corrected chi connectivity index (χ1v) is 29.5. The molecule has 4 rings (SSSR count). The van der Waals surface area contributed by atoms with Gasteiger partial charge in [0.2, 0.25) is 58.9 Å². The minimum absolute atomic E-state index is 0.0802. The predicted octanol–water partition coefficient (Wildman–Crippen LogP) is -5.99. The van der Waals surface area contributed by atoms with Crippen molar-refractivity contribution in [2.45, 2.75) is 152 Å². The Morgan fingerprint density at radius 2 is 1.19 bits per heavy atom. The van der Waals surface area contributed by atoms with Crippen molar-refractivity contribution < 1.29 is 63.0 Å². The lowest BCUT2D eigenvalue weighted by molar-refractivity contribution is -0.148. The molecule has 0 unspecified atom stereocenters. The Labute approximate surface area is 510 Å². The van der Waals surface area contributed by atoms with E-state index in [1.807, 2.05) is 30.5 Å². The maximum absolute atomic E-state index is 14.5. The number of aliphatic hydroxyl groups excluding tert-OH is 1. The number of carbonyl (C=O) groups excluding carboxylic acids is 11. The van der Waals surface area contributed by atoms with Gasteiger partial charge in [-0.05, 0) is 115 Å². The number of carbonyl (C=O) groups is 11. The van der Waals surface area contributed by atoms with E-state index in [0.29, 0.717) is 18.4 Å². The van der Waals surface area contributed by atoms with Gasteiger partial charge in [-0.15, -0.1) is 0 Å². The second-order valence-electron chi connectivity index (χ2n) is 21.7. The number of aromatic amines is 1. The molecule has 0 bridgehead atoms. The monoisotopic (exact) mass is 1230 g/mol. The minimum atomic E-state index is -2.71. The number of nitrogens with one attached hydrogen (secondary N) is 13.